The van der Waals surface area contributed by atoms with Gasteiger partial charge in [0.25, 0.3) is 6.17 Å². The summed E-state index contributed by atoms with van der Waals surface area (Å²) in [5, 5.41) is 0. The number of aryl methyl sites for hydroxylation is 1. The molecule has 0 aromatic heterocycles. The van der Waals surface area contributed by atoms with E-state index in [9.17, 15) is 22.8 Å². The van der Waals surface area contributed by atoms with E-state index >= 15 is 0 Å². The van der Waals surface area contributed by atoms with E-state index in [4.69, 9.17) is 0 Å². The smallest absolute Gasteiger partial charge is 0.348 e. The number of ether oxygens (including phenoxy) is 1. The van der Waals surface area contributed by atoms with Gasteiger partial charge in [-0.1, -0.05) is 0 Å². The lowest BCUT2D eigenvalue weighted by Crippen LogP contribution is -2.28. The van der Waals surface area contributed by atoms with E-state index < -0.39 is 35.1 Å². The number of halogens is 3. The minimum absolute atomic E-state index is 0.0800. The monoisotopic (exact) mass is 260 g/mol. The lowest BCUT2D eigenvalue weighted by atomic mass is 10.0. The van der Waals surface area contributed by atoms with Gasteiger partial charge in [0.05, 0.1) is 6.61 Å². The van der Waals surface area contributed by atoms with Crippen molar-refractivity contribution in [3.63, 3.8) is 0 Å². The summed E-state index contributed by atoms with van der Waals surface area (Å²) in [6, 6.07) is 1.53. The largest absolute Gasteiger partial charge is 0.463 e. The molecule has 6 heteroatoms. The Labute approximate surface area is 102 Å². The lowest BCUT2D eigenvalue weighted by molar-refractivity contribution is -0.147. The Kier molecular flexibility index (Phi) is 4.47. The molecule has 1 unspecified atom stereocenters. The summed E-state index contributed by atoms with van der Waals surface area (Å²) >= 11 is 0. The van der Waals surface area contributed by atoms with Gasteiger partial charge in [0, 0.05) is 5.56 Å². The Morgan fingerprint density at radius 1 is 1.33 bits per heavy atom. The molecule has 0 bridgehead atoms. The van der Waals surface area contributed by atoms with Gasteiger partial charge in [0.15, 0.2) is 11.6 Å². The number of carbonyl (C=O) groups is 2. The fraction of sp³-hybridized carbons (Fsp3) is 0.333. The lowest BCUT2D eigenvalue weighted by Gasteiger charge is -2.08. The summed E-state index contributed by atoms with van der Waals surface area (Å²) in [6.07, 6.45) is -2.53. The molecule has 0 radical (unpaired) electrons. The first-order chi connectivity index (χ1) is 8.38. The fourth-order valence-electron chi connectivity index (χ4n) is 1.34. The Morgan fingerprint density at radius 3 is 2.44 bits per heavy atom. The standard InChI is InChI=1S/C12H11F3O3/c1-3-18-12(17)10(15)11(16)7-4-6(2)9(14)8(13)5-7/h4-5,10H,3H2,1-2H3. The third-order valence-electron chi connectivity index (χ3n) is 2.22. The van der Waals surface area contributed by atoms with Gasteiger partial charge in [0.1, 0.15) is 0 Å². The maximum absolute atomic E-state index is 13.4. The van der Waals surface area contributed by atoms with Crippen LogP contribution in [0.4, 0.5) is 13.2 Å². The SMILES string of the molecule is CCOC(=O)C(F)C(=O)c1cc(C)c(F)c(F)c1. The highest BCUT2D eigenvalue weighted by Gasteiger charge is 2.29. The first kappa shape index (κ1) is 14.2. The molecule has 1 atom stereocenters. The number of benzene rings is 1. The normalized spacial score (nSPS) is 12.1. The number of Topliss-reactive ketones (excluding diaryl/α,β-unsaturated/α-hetero) is 1. The number of esters is 1. The highest BCUT2D eigenvalue weighted by atomic mass is 19.2. The molecular formula is C12H11F3O3. The molecule has 0 N–H and O–H groups in total. The number of alkyl halides is 1. The number of rotatable bonds is 4. The van der Waals surface area contributed by atoms with Crippen LogP contribution in [-0.2, 0) is 9.53 Å². The molecule has 3 nitrogen and oxygen atoms in total. The number of ketones is 1. The molecule has 0 heterocycles. The van der Waals surface area contributed by atoms with Gasteiger partial charge in [-0.05, 0) is 31.5 Å². The van der Waals surface area contributed by atoms with Crippen LogP contribution in [0.1, 0.15) is 22.8 Å². The molecule has 18 heavy (non-hydrogen) atoms. The molecule has 0 spiro atoms. The second-order valence-corrected chi connectivity index (χ2v) is 3.57. The van der Waals surface area contributed by atoms with E-state index in [2.05, 4.69) is 4.74 Å². The van der Waals surface area contributed by atoms with E-state index in [1.165, 1.54) is 13.8 Å². The van der Waals surface area contributed by atoms with Crippen molar-refractivity contribution in [3.8, 4) is 0 Å². The molecule has 1 rings (SSSR count). The van der Waals surface area contributed by atoms with Crippen LogP contribution in [0.2, 0.25) is 0 Å². The Morgan fingerprint density at radius 2 is 1.94 bits per heavy atom. The summed E-state index contributed by atoms with van der Waals surface area (Å²) in [7, 11) is 0. The number of hydrogen-bond donors (Lipinski definition) is 0. The van der Waals surface area contributed by atoms with Crippen molar-refractivity contribution in [2.75, 3.05) is 6.61 Å². The number of carbonyl (C=O) groups excluding carboxylic acids is 2. The molecule has 0 aliphatic heterocycles. The molecule has 0 saturated heterocycles. The highest BCUT2D eigenvalue weighted by molar-refractivity contribution is 6.11. The molecule has 0 aliphatic rings. The van der Waals surface area contributed by atoms with Gasteiger partial charge in [-0.3, -0.25) is 4.79 Å². The van der Waals surface area contributed by atoms with Crippen molar-refractivity contribution in [2.24, 2.45) is 0 Å². The van der Waals surface area contributed by atoms with Gasteiger partial charge >= 0.3 is 5.97 Å². The van der Waals surface area contributed by atoms with Gasteiger partial charge < -0.3 is 4.74 Å². The number of hydrogen-bond acceptors (Lipinski definition) is 3. The Bertz CT molecular complexity index is 462. The summed E-state index contributed by atoms with van der Waals surface area (Å²) in [6.45, 7) is 2.60. The van der Waals surface area contributed by atoms with Gasteiger partial charge in [-0.25, -0.2) is 18.0 Å². The van der Waals surface area contributed by atoms with Crippen molar-refractivity contribution in [1.82, 2.24) is 0 Å². The second-order valence-electron chi connectivity index (χ2n) is 3.57. The first-order valence-corrected chi connectivity index (χ1v) is 5.19. The summed E-state index contributed by atoms with van der Waals surface area (Å²) in [5.41, 5.74) is -0.554. The van der Waals surface area contributed by atoms with Crippen molar-refractivity contribution in [2.45, 2.75) is 20.0 Å². The van der Waals surface area contributed by atoms with E-state index in [0.29, 0.717) is 6.07 Å². The molecule has 1 aromatic rings. The summed E-state index contributed by atoms with van der Waals surface area (Å²) < 4.78 is 43.7. The predicted octanol–water partition coefficient (Wildman–Crippen LogP) is 2.36. The van der Waals surface area contributed by atoms with E-state index in [1.54, 1.807) is 0 Å². The zero-order chi connectivity index (χ0) is 13.9. The van der Waals surface area contributed by atoms with Crippen molar-refractivity contribution in [1.29, 1.82) is 0 Å². The van der Waals surface area contributed by atoms with E-state index in [1.807, 2.05) is 0 Å². The van der Waals surface area contributed by atoms with Crippen LogP contribution < -0.4 is 0 Å². The molecule has 1 aromatic carbocycles. The fourth-order valence-corrected chi connectivity index (χ4v) is 1.34. The van der Waals surface area contributed by atoms with Crippen molar-refractivity contribution in [3.05, 3.63) is 34.9 Å². The van der Waals surface area contributed by atoms with Crippen LogP contribution in [0.25, 0.3) is 0 Å². The maximum atomic E-state index is 13.4. The van der Waals surface area contributed by atoms with Gasteiger partial charge in [-0.2, -0.15) is 0 Å². The van der Waals surface area contributed by atoms with Crippen LogP contribution in [0.15, 0.2) is 12.1 Å². The summed E-state index contributed by atoms with van der Waals surface area (Å²) in [5.74, 6) is -4.98. The van der Waals surface area contributed by atoms with Crippen molar-refractivity contribution < 1.29 is 27.5 Å². The topological polar surface area (TPSA) is 43.4 Å². The van der Waals surface area contributed by atoms with E-state index in [0.717, 1.165) is 6.07 Å². The van der Waals surface area contributed by atoms with Gasteiger partial charge in [-0.15, -0.1) is 0 Å². The average molecular weight is 260 g/mol. The molecule has 98 valence electrons. The van der Waals surface area contributed by atoms with Crippen LogP contribution >= 0.6 is 0 Å². The highest BCUT2D eigenvalue weighted by Crippen LogP contribution is 2.16. The Balaban J connectivity index is 3.01. The zero-order valence-corrected chi connectivity index (χ0v) is 9.80. The minimum Gasteiger partial charge on any atom is -0.463 e. The van der Waals surface area contributed by atoms with Crippen LogP contribution in [0, 0.1) is 18.6 Å². The zero-order valence-electron chi connectivity index (χ0n) is 9.80. The van der Waals surface area contributed by atoms with Crippen molar-refractivity contribution >= 4 is 11.8 Å². The maximum Gasteiger partial charge on any atom is 0.348 e. The quantitative estimate of drug-likeness (QED) is 0.474. The summed E-state index contributed by atoms with van der Waals surface area (Å²) in [4.78, 5) is 22.5. The van der Waals surface area contributed by atoms with Crippen LogP contribution in [0.3, 0.4) is 0 Å². The molecule has 0 amide bonds. The third kappa shape index (κ3) is 2.88. The predicted molar refractivity (Wildman–Crippen MR) is 57.0 cm³/mol. The molecular weight excluding hydrogens is 249 g/mol. The average Bonchev–Trinajstić information content (AvgIpc) is 2.33. The minimum atomic E-state index is -2.53. The molecule has 0 fully saturated rings. The molecule has 0 aliphatic carbocycles. The Hall–Kier alpha value is -1.85. The van der Waals surface area contributed by atoms with E-state index in [-0.39, 0.29) is 12.2 Å². The first-order valence-electron chi connectivity index (χ1n) is 5.19. The van der Waals surface area contributed by atoms with Crippen LogP contribution in [0.5, 0.6) is 0 Å². The van der Waals surface area contributed by atoms with Gasteiger partial charge in [0.2, 0.25) is 5.78 Å². The second kappa shape index (κ2) is 5.66. The molecule has 0 saturated carbocycles. The van der Waals surface area contributed by atoms with Crippen LogP contribution in [-0.4, -0.2) is 24.5 Å². The third-order valence-corrected chi connectivity index (χ3v) is 2.22.